The van der Waals surface area contributed by atoms with Gasteiger partial charge in [-0.25, -0.2) is 4.79 Å². The molecule has 162 valence electrons. The average Bonchev–Trinajstić information content (AvgIpc) is 2.72. The number of hydrogen-bond acceptors (Lipinski definition) is 6. The summed E-state index contributed by atoms with van der Waals surface area (Å²) in [7, 11) is 1.43. The minimum Gasteiger partial charge on any atom is -0.503 e. The highest BCUT2D eigenvalue weighted by Gasteiger charge is 2.39. The molecule has 2 aliphatic rings. The molecule has 1 aliphatic carbocycles. The van der Waals surface area contributed by atoms with Crippen LogP contribution in [0.2, 0.25) is 5.02 Å². The van der Waals surface area contributed by atoms with E-state index in [1.165, 1.54) is 7.11 Å². The quantitative estimate of drug-likeness (QED) is 0.476. The number of phenols is 1. The minimum absolute atomic E-state index is 0.000646. The van der Waals surface area contributed by atoms with Crippen LogP contribution in [0.3, 0.4) is 0 Å². The van der Waals surface area contributed by atoms with Gasteiger partial charge in [-0.05, 0) is 43.9 Å². The van der Waals surface area contributed by atoms with Gasteiger partial charge in [0.25, 0.3) is 0 Å². The van der Waals surface area contributed by atoms with E-state index < -0.39 is 11.9 Å². The zero-order valence-corrected chi connectivity index (χ0v) is 18.4. The lowest BCUT2D eigenvalue weighted by molar-refractivity contribution is -0.139. The maximum Gasteiger partial charge on any atom is 0.336 e. The van der Waals surface area contributed by atoms with Crippen LogP contribution in [-0.2, 0) is 14.3 Å². The van der Waals surface area contributed by atoms with Crippen LogP contribution in [-0.4, -0.2) is 30.6 Å². The molecule has 0 saturated heterocycles. The maximum atomic E-state index is 13.1. The summed E-state index contributed by atoms with van der Waals surface area (Å²) in [5.41, 5.74) is 3.07. The number of rotatable bonds is 7. The normalized spacial score (nSPS) is 18.8. The van der Waals surface area contributed by atoms with Gasteiger partial charge in [0.1, 0.15) is 0 Å². The highest BCUT2D eigenvalue weighted by atomic mass is 35.5. The molecule has 0 saturated carbocycles. The molecule has 1 aromatic carbocycles. The van der Waals surface area contributed by atoms with Crippen LogP contribution in [0.5, 0.6) is 11.5 Å². The number of dihydropyridines is 1. The predicted molar refractivity (Wildman–Crippen MR) is 115 cm³/mol. The van der Waals surface area contributed by atoms with E-state index in [2.05, 4.69) is 12.2 Å². The fourth-order valence-electron chi connectivity index (χ4n) is 4.10. The molecule has 1 atom stereocenters. The number of ether oxygens (including phenoxy) is 2. The van der Waals surface area contributed by atoms with E-state index in [0.717, 1.165) is 37.8 Å². The summed E-state index contributed by atoms with van der Waals surface area (Å²) < 4.78 is 10.8. The number of allylic oxidation sites excluding steroid dienone is 3. The van der Waals surface area contributed by atoms with Crippen molar-refractivity contribution in [3.05, 3.63) is 45.3 Å². The zero-order chi connectivity index (χ0) is 21.8. The molecule has 2 N–H and O–H groups in total. The Hall–Kier alpha value is -2.47. The van der Waals surface area contributed by atoms with Gasteiger partial charge >= 0.3 is 5.97 Å². The number of halogens is 1. The second kappa shape index (κ2) is 9.56. The van der Waals surface area contributed by atoms with Crippen LogP contribution in [0.1, 0.15) is 63.9 Å². The Kier molecular flexibility index (Phi) is 7.08. The van der Waals surface area contributed by atoms with Crippen molar-refractivity contribution in [2.24, 2.45) is 0 Å². The van der Waals surface area contributed by atoms with Crippen LogP contribution >= 0.6 is 11.6 Å². The molecule has 1 heterocycles. The van der Waals surface area contributed by atoms with Gasteiger partial charge in [0.05, 0.1) is 24.3 Å². The Morgan fingerprint density at radius 2 is 2.07 bits per heavy atom. The molecule has 0 amide bonds. The molecular weight excluding hydrogens is 406 g/mol. The standard InChI is InChI=1S/C23H28ClNO5/c1-4-5-6-10-30-23(28)19-13(2)25-16-8-7-9-17(26)21(16)20(19)14-11-15(24)22(27)18(12-14)29-3/h11-12,20,25,27H,4-10H2,1-3H3/t20-/m0/s1. The number of carbonyl (C=O) groups is 2. The van der Waals surface area contributed by atoms with Crippen molar-refractivity contribution >= 4 is 23.4 Å². The summed E-state index contributed by atoms with van der Waals surface area (Å²) in [6.45, 7) is 4.23. The van der Waals surface area contributed by atoms with Crippen LogP contribution in [0.4, 0.5) is 0 Å². The first-order chi connectivity index (χ1) is 14.4. The zero-order valence-electron chi connectivity index (χ0n) is 17.6. The second-order valence-electron chi connectivity index (χ2n) is 7.66. The Morgan fingerprint density at radius 1 is 1.30 bits per heavy atom. The van der Waals surface area contributed by atoms with E-state index in [-0.39, 0.29) is 22.3 Å². The van der Waals surface area contributed by atoms with Crippen molar-refractivity contribution in [1.29, 1.82) is 0 Å². The van der Waals surface area contributed by atoms with Crippen LogP contribution < -0.4 is 10.1 Å². The van der Waals surface area contributed by atoms with Gasteiger partial charge in [-0.15, -0.1) is 0 Å². The summed E-state index contributed by atoms with van der Waals surface area (Å²) >= 11 is 6.23. The minimum atomic E-state index is -0.625. The molecule has 6 nitrogen and oxygen atoms in total. The molecule has 0 aromatic heterocycles. The summed E-state index contributed by atoms with van der Waals surface area (Å²) in [5, 5.41) is 13.5. The molecule has 1 aliphatic heterocycles. The van der Waals surface area contributed by atoms with Crippen molar-refractivity contribution in [1.82, 2.24) is 5.32 Å². The first-order valence-electron chi connectivity index (χ1n) is 10.4. The smallest absolute Gasteiger partial charge is 0.336 e. The molecule has 3 rings (SSSR count). The number of unbranched alkanes of at least 4 members (excludes halogenated alkanes) is 2. The van der Waals surface area contributed by atoms with E-state index in [9.17, 15) is 14.7 Å². The lowest BCUT2D eigenvalue weighted by Crippen LogP contribution is -2.34. The molecule has 30 heavy (non-hydrogen) atoms. The monoisotopic (exact) mass is 433 g/mol. The van der Waals surface area contributed by atoms with Crippen molar-refractivity contribution in [2.45, 2.75) is 58.3 Å². The van der Waals surface area contributed by atoms with E-state index in [4.69, 9.17) is 21.1 Å². The number of aromatic hydroxyl groups is 1. The third-order valence-corrected chi connectivity index (χ3v) is 5.87. The number of Topliss-reactive ketones (excluding diaryl/α,β-unsaturated/α-hetero) is 1. The van der Waals surface area contributed by atoms with Crippen molar-refractivity contribution in [3.8, 4) is 11.5 Å². The number of hydrogen-bond donors (Lipinski definition) is 2. The summed E-state index contributed by atoms with van der Waals surface area (Å²) in [6, 6.07) is 3.21. The Morgan fingerprint density at radius 3 is 2.77 bits per heavy atom. The maximum absolute atomic E-state index is 13.1. The average molecular weight is 434 g/mol. The lowest BCUT2D eigenvalue weighted by Gasteiger charge is -2.34. The van der Waals surface area contributed by atoms with E-state index >= 15 is 0 Å². The highest BCUT2D eigenvalue weighted by molar-refractivity contribution is 6.32. The number of esters is 1. The molecular formula is C23H28ClNO5. The van der Waals surface area contributed by atoms with E-state index in [0.29, 0.717) is 35.4 Å². The van der Waals surface area contributed by atoms with Gasteiger partial charge in [0.15, 0.2) is 17.3 Å². The van der Waals surface area contributed by atoms with Gasteiger partial charge in [0, 0.05) is 29.3 Å². The van der Waals surface area contributed by atoms with Crippen LogP contribution in [0.25, 0.3) is 0 Å². The molecule has 0 spiro atoms. The number of nitrogens with one attached hydrogen (secondary N) is 1. The van der Waals surface area contributed by atoms with E-state index in [1.807, 2.05) is 6.92 Å². The van der Waals surface area contributed by atoms with Gasteiger partial charge in [-0.2, -0.15) is 0 Å². The molecule has 1 aromatic rings. The first-order valence-corrected chi connectivity index (χ1v) is 10.7. The molecule has 0 fully saturated rings. The van der Waals surface area contributed by atoms with Crippen molar-refractivity contribution < 1.29 is 24.2 Å². The van der Waals surface area contributed by atoms with Gasteiger partial charge in [-0.1, -0.05) is 31.4 Å². The number of ketones is 1. The topological polar surface area (TPSA) is 84.9 Å². The second-order valence-corrected chi connectivity index (χ2v) is 8.07. The molecule has 0 bridgehead atoms. The SMILES string of the molecule is CCCCCOC(=O)C1=C(C)NC2=C(C(=O)CCC2)[C@H]1c1cc(Cl)c(O)c(OC)c1. The Labute approximate surface area is 181 Å². The fraction of sp³-hybridized carbons (Fsp3) is 0.478. The number of benzene rings is 1. The van der Waals surface area contributed by atoms with Crippen molar-refractivity contribution in [2.75, 3.05) is 13.7 Å². The van der Waals surface area contributed by atoms with E-state index in [1.54, 1.807) is 12.1 Å². The number of methoxy groups -OCH3 is 1. The van der Waals surface area contributed by atoms with Crippen molar-refractivity contribution in [3.63, 3.8) is 0 Å². The lowest BCUT2D eigenvalue weighted by atomic mass is 9.75. The summed E-state index contributed by atoms with van der Waals surface area (Å²) in [5.74, 6) is -1.06. The van der Waals surface area contributed by atoms with Crippen LogP contribution in [0, 0.1) is 0 Å². The summed E-state index contributed by atoms with van der Waals surface area (Å²) in [6.07, 6.45) is 4.72. The highest BCUT2D eigenvalue weighted by Crippen LogP contribution is 2.46. The molecule has 7 heteroatoms. The largest absolute Gasteiger partial charge is 0.503 e. The predicted octanol–water partition coefficient (Wildman–Crippen LogP) is 4.76. The first kappa shape index (κ1) is 22.2. The Balaban J connectivity index is 2.08. The number of phenolic OH excluding ortho intramolecular Hbond substituents is 1. The summed E-state index contributed by atoms with van der Waals surface area (Å²) in [4.78, 5) is 26.0. The fourth-order valence-corrected chi connectivity index (χ4v) is 4.32. The molecule has 0 radical (unpaired) electrons. The Bertz CT molecular complexity index is 918. The molecule has 0 unspecified atom stereocenters. The third-order valence-electron chi connectivity index (χ3n) is 5.58. The van der Waals surface area contributed by atoms with Gasteiger partial charge < -0.3 is 19.9 Å². The van der Waals surface area contributed by atoms with Gasteiger partial charge in [0.2, 0.25) is 0 Å². The third kappa shape index (κ3) is 4.33. The number of carbonyl (C=O) groups excluding carboxylic acids is 2. The van der Waals surface area contributed by atoms with Gasteiger partial charge in [-0.3, -0.25) is 4.79 Å². The van der Waals surface area contributed by atoms with Crippen LogP contribution in [0.15, 0.2) is 34.7 Å².